The normalized spacial score (nSPS) is 12.5. The summed E-state index contributed by atoms with van der Waals surface area (Å²) < 4.78 is 14.3. The van der Waals surface area contributed by atoms with Gasteiger partial charge in [-0.15, -0.1) is 0 Å². The fraction of sp³-hybridized carbons (Fsp3) is 0.391. The van der Waals surface area contributed by atoms with Crippen LogP contribution in [0.4, 0.5) is 0 Å². The van der Waals surface area contributed by atoms with Gasteiger partial charge < -0.3 is 14.4 Å². The average molecular weight is 409 g/mol. The minimum atomic E-state index is -0.0512. The summed E-state index contributed by atoms with van der Waals surface area (Å²) in [5.74, 6) is 1.47. The smallest absolute Gasteiger partial charge is 0.329 e. The van der Waals surface area contributed by atoms with Gasteiger partial charge >= 0.3 is 5.69 Å². The molecule has 1 aromatic heterocycles. The topological polar surface area (TPSA) is 65.7 Å². The van der Waals surface area contributed by atoms with Crippen LogP contribution in [0.1, 0.15) is 32.3 Å². The molecule has 2 aromatic carbocycles. The Labute approximate surface area is 175 Å². The first-order valence-corrected chi connectivity index (χ1v) is 10.5. The molecule has 1 amide bonds. The SMILES string of the molecule is CCCn1c(=O)n(CCC(=O)N(CC)Cc2ccc3c(c2)OCO3)c2ccccc21. The van der Waals surface area contributed by atoms with Gasteiger partial charge in [-0.1, -0.05) is 25.1 Å². The monoisotopic (exact) mass is 409 g/mol. The van der Waals surface area contributed by atoms with E-state index in [0.29, 0.717) is 31.9 Å². The van der Waals surface area contributed by atoms with Crippen molar-refractivity contribution in [2.75, 3.05) is 13.3 Å². The maximum Gasteiger partial charge on any atom is 0.329 e. The number of aryl methyl sites for hydroxylation is 2. The van der Waals surface area contributed by atoms with Gasteiger partial charge in [-0.25, -0.2) is 4.79 Å². The van der Waals surface area contributed by atoms with E-state index in [1.165, 1.54) is 0 Å². The highest BCUT2D eigenvalue weighted by Gasteiger charge is 2.18. The number of hydrogen-bond donors (Lipinski definition) is 0. The Morgan fingerprint density at radius 1 is 1.00 bits per heavy atom. The van der Waals surface area contributed by atoms with E-state index >= 15 is 0 Å². The second-order valence-electron chi connectivity index (χ2n) is 7.42. The quantitative estimate of drug-likeness (QED) is 0.572. The highest BCUT2D eigenvalue weighted by atomic mass is 16.7. The zero-order valence-corrected chi connectivity index (χ0v) is 17.5. The molecule has 2 heterocycles. The molecular formula is C23H27N3O4. The second-order valence-corrected chi connectivity index (χ2v) is 7.42. The van der Waals surface area contributed by atoms with E-state index < -0.39 is 0 Å². The molecule has 7 nitrogen and oxygen atoms in total. The predicted molar refractivity (Wildman–Crippen MR) is 115 cm³/mol. The maximum absolute atomic E-state index is 12.9. The number of benzene rings is 2. The molecule has 0 fully saturated rings. The van der Waals surface area contributed by atoms with Crippen molar-refractivity contribution in [2.24, 2.45) is 0 Å². The number of fused-ring (bicyclic) bond motifs is 2. The molecule has 0 bridgehead atoms. The Balaban J connectivity index is 1.48. The zero-order valence-electron chi connectivity index (χ0n) is 17.5. The fourth-order valence-corrected chi connectivity index (χ4v) is 3.93. The van der Waals surface area contributed by atoms with Crippen molar-refractivity contribution in [3.05, 3.63) is 58.5 Å². The molecule has 0 N–H and O–H groups in total. The third-order valence-electron chi connectivity index (χ3n) is 5.47. The number of carbonyl (C=O) groups is 1. The molecule has 0 saturated heterocycles. The third-order valence-corrected chi connectivity index (χ3v) is 5.47. The Hall–Kier alpha value is -3.22. The zero-order chi connectivity index (χ0) is 21.1. The van der Waals surface area contributed by atoms with Crippen molar-refractivity contribution in [1.29, 1.82) is 0 Å². The molecule has 1 aliphatic rings. The summed E-state index contributed by atoms with van der Waals surface area (Å²) in [6, 6.07) is 13.5. The Morgan fingerprint density at radius 2 is 1.70 bits per heavy atom. The lowest BCUT2D eigenvalue weighted by Crippen LogP contribution is -2.32. The van der Waals surface area contributed by atoms with Crippen LogP contribution in [-0.2, 0) is 24.4 Å². The van der Waals surface area contributed by atoms with Crippen LogP contribution in [0.5, 0.6) is 11.5 Å². The molecule has 1 aliphatic heterocycles. The van der Waals surface area contributed by atoms with Gasteiger partial charge in [0.15, 0.2) is 11.5 Å². The van der Waals surface area contributed by atoms with E-state index in [-0.39, 0.29) is 24.8 Å². The van der Waals surface area contributed by atoms with Crippen LogP contribution < -0.4 is 15.2 Å². The molecule has 7 heteroatoms. The number of hydrogen-bond acceptors (Lipinski definition) is 4. The van der Waals surface area contributed by atoms with Gasteiger partial charge in [0, 0.05) is 32.6 Å². The molecule has 0 aliphatic carbocycles. The van der Waals surface area contributed by atoms with Crippen LogP contribution in [-0.4, -0.2) is 33.3 Å². The van der Waals surface area contributed by atoms with E-state index in [4.69, 9.17) is 9.47 Å². The van der Waals surface area contributed by atoms with Crippen molar-refractivity contribution < 1.29 is 14.3 Å². The van der Waals surface area contributed by atoms with E-state index in [1.807, 2.05) is 49.4 Å². The van der Waals surface area contributed by atoms with Crippen LogP contribution in [0, 0.1) is 0 Å². The fourth-order valence-electron chi connectivity index (χ4n) is 3.93. The third kappa shape index (κ3) is 3.79. The summed E-state index contributed by atoms with van der Waals surface area (Å²) in [6.45, 7) is 6.38. The molecule has 4 rings (SSSR count). The maximum atomic E-state index is 12.9. The standard InChI is InChI=1S/C23H27N3O4/c1-3-12-25-18-7-5-6-8-19(18)26(23(25)28)13-11-22(27)24(4-2)15-17-9-10-20-21(14-17)30-16-29-20/h5-10,14H,3-4,11-13,15-16H2,1-2H3. The lowest BCUT2D eigenvalue weighted by atomic mass is 10.2. The van der Waals surface area contributed by atoms with Crippen LogP contribution in [0.3, 0.4) is 0 Å². The van der Waals surface area contributed by atoms with Crippen molar-refractivity contribution in [1.82, 2.24) is 14.0 Å². The summed E-state index contributed by atoms with van der Waals surface area (Å²) >= 11 is 0. The van der Waals surface area contributed by atoms with Gasteiger partial charge in [-0.3, -0.25) is 13.9 Å². The number of para-hydroxylation sites is 2. The van der Waals surface area contributed by atoms with Crippen molar-refractivity contribution in [3.8, 4) is 11.5 Å². The minimum absolute atomic E-state index is 0.0226. The van der Waals surface area contributed by atoms with Gasteiger partial charge in [-0.2, -0.15) is 0 Å². The molecule has 0 spiro atoms. The minimum Gasteiger partial charge on any atom is -0.454 e. The summed E-state index contributed by atoms with van der Waals surface area (Å²) in [4.78, 5) is 27.6. The van der Waals surface area contributed by atoms with E-state index in [0.717, 1.165) is 28.8 Å². The number of nitrogens with zero attached hydrogens (tertiary/aromatic N) is 3. The van der Waals surface area contributed by atoms with Crippen molar-refractivity contribution >= 4 is 16.9 Å². The number of carbonyl (C=O) groups excluding carboxylic acids is 1. The van der Waals surface area contributed by atoms with Crippen molar-refractivity contribution in [3.63, 3.8) is 0 Å². The first-order valence-electron chi connectivity index (χ1n) is 10.5. The molecule has 0 saturated carbocycles. The highest BCUT2D eigenvalue weighted by Crippen LogP contribution is 2.32. The summed E-state index contributed by atoms with van der Waals surface area (Å²) in [6.07, 6.45) is 1.16. The first-order chi connectivity index (χ1) is 14.6. The number of ether oxygens (including phenoxy) is 2. The molecule has 0 atom stereocenters. The average Bonchev–Trinajstić information content (AvgIpc) is 3.33. The van der Waals surface area contributed by atoms with Gasteiger partial charge in [0.2, 0.25) is 12.7 Å². The van der Waals surface area contributed by atoms with E-state index in [1.54, 1.807) is 14.0 Å². The summed E-state index contributed by atoms with van der Waals surface area (Å²) in [7, 11) is 0. The summed E-state index contributed by atoms with van der Waals surface area (Å²) in [5, 5.41) is 0. The van der Waals surface area contributed by atoms with Crippen LogP contribution in [0.2, 0.25) is 0 Å². The Morgan fingerprint density at radius 3 is 2.40 bits per heavy atom. The Bertz CT molecular complexity index is 1120. The molecule has 158 valence electrons. The second kappa shape index (κ2) is 8.65. The Kier molecular flexibility index (Phi) is 5.79. The number of amides is 1. The number of rotatable bonds is 8. The molecule has 0 unspecified atom stereocenters. The lowest BCUT2D eigenvalue weighted by molar-refractivity contribution is -0.131. The van der Waals surface area contributed by atoms with Gasteiger partial charge in [0.25, 0.3) is 0 Å². The molecule has 30 heavy (non-hydrogen) atoms. The number of aromatic nitrogens is 2. The van der Waals surface area contributed by atoms with Crippen LogP contribution >= 0.6 is 0 Å². The molecule has 0 radical (unpaired) electrons. The largest absolute Gasteiger partial charge is 0.454 e. The number of imidazole rings is 1. The summed E-state index contributed by atoms with van der Waals surface area (Å²) in [5.41, 5.74) is 2.74. The van der Waals surface area contributed by atoms with E-state index in [9.17, 15) is 9.59 Å². The van der Waals surface area contributed by atoms with Crippen LogP contribution in [0.25, 0.3) is 11.0 Å². The predicted octanol–water partition coefficient (Wildman–Crippen LogP) is 3.38. The molecule has 3 aromatic rings. The van der Waals surface area contributed by atoms with Gasteiger partial charge in [0.05, 0.1) is 11.0 Å². The van der Waals surface area contributed by atoms with Crippen molar-refractivity contribution in [2.45, 2.75) is 46.3 Å². The highest BCUT2D eigenvalue weighted by molar-refractivity contribution is 5.78. The lowest BCUT2D eigenvalue weighted by Gasteiger charge is -2.21. The van der Waals surface area contributed by atoms with Crippen LogP contribution in [0.15, 0.2) is 47.3 Å². The molecular weight excluding hydrogens is 382 g/mol. The van der Waals surface area contributed by atoms with Gasteiger partial charge in [0.1, 0.15) is 0 Å². The van der Waals surface area contributed by atoms with E-state index in [2.05, 4.69) is 6.92 Å². The first kappa shape index (κ1) is 20.1. The van der Waals surface area contributed by atoms with Gasteiger partial charge in [-0.05, 0) is 43.2 Å².